The summed E-state index contributed by atoms with van der Waals surface area (Å²) in [5.41, 5.74) is -0.581. The van der Waals surface area contributed by atoms with Crippen LogP contribution in [0.25, 0.3) is 0 Å². The first-order valence-corrected chi connectivity index (χ1v) is 6.59. The summed E-state index contributed by atoms with van der Waals surface area (Å²) in [6, 6.07) is 0. The van der Waals surface area contributed by atoms with Gasteiger partial charge in [0.1, 0.15) is 17.8 Å². The number of carbonyl (C=O) groups is 1. The van der Waals surface area contributed by atoms with E-state index >= 15 is 0 Å². The van der Waals surface area contributed by atoms with Gasteiger partial charge in [-0.1, -0.05) is 0 Å². The van der Waals surface area contributed by atoms with Gasteiger partial charge in [0.05, 0.1) is 13.1 Å². The highest BCUT2D eigenvalue weighted by molar-refractivity contribution is 7.82. The third-order valence-electron chi connectivity index (χ3n) is 2.35. The predicted molar refractivity (Wildman–Crippen MR) is 56.5 cm³/mol. The molecule has 8 heteroatoms. The SMILES string of the molecule is CC(C)(C)OC(=O)N1CC2OS(=O)(=O)OC2C1. The van der Waals surface area contributed by atoms with Crippen LogP contribution >= 0.6 is 0 Å². The Morgan fingerprint density at radius 2 is 1.71 bits per heavy atom. The van der Waals surface area contributed by atoms with Gasteiger partial charge in [-0.05, 0) is 20.8 Å². The van der Waals surface area contributed by atoms with Crippen LogP contribution in [0.15, 0.2) is 0 Å². The molecule has 1 amide bonds. The van der Waals surface area contributed by atoms with E-state index in [2.05, 4.69) is 8.37 Å². The van der Waals surface area contributed by atoms with E-state index in [1.54, 1.807) is 20.8 Å². The van der Waals surface area contributed by atoms with Crippen molar-refractivity contribution < 1.29 is 26.3 Å². The predicted octanol–water partition coefficient (Wildman–Crippen LogP) is 0.266. The van der Waals surface area contributed by atoms with Gasteiger partial charge in [0.15, 0.2) is 0 Å². The van der Waals surface area contributed by atoms with Gasteiger partial charge in [-0.2, -0.15) is 8.42 Å². The average molecular weight is 265 g/mol. The van der Waals surface area contributed by atoms with Gasteiger partial charge >= 0.3 is 16.5 Å². The molecule has 0 bridgehead atoms. The normalized spacial score (nSPS) is 31.4. The van der Waals surface area contributed by atoms with Gasteiger partial charge in [-0.25, -0.2) is 13.2 Å². The second-order valence-electron chi connectivity index (χ2n) is 5.06. The van der Waals surface area contributed by atoms with Gasteiger partial charge in [-0.15, -0.1) is 0 Å². The van der Waals surface area contributed by atoms with Crippen molar-refractivity contribution in [3.63, 3.8) is 0 Å². The van der Waals surface area contributed by atoms with Crippen molar-refractivity contribution in [1.82, 2.24) is 4.90 Å². The molecule has 2 fully saturated rings. The molecule has 17 heavy (non-hydrogen) atoms. The highest BCUT2D eigenvalue weighted by Crippen LogP contribution is 2.28. The minimum Gasteiger partial charge on any atom is -0.444 e. The van der Waals surface area contributed by atoms with Crippen molar-refractivity contribution >= 4 is 16.5 Å². The second-order valence-corrected chi connectivity index (χ2v) is 6.26. The van der Waals surface area contributed by atoms with Crippen molar-refractivity contribution in [3.8, 4) is 0 Å². The minimum absolute atomic E-state index is 0.165. The fraction of sp³-hybridized carbons (Fsp3) is 0.889. The van der Waals surface area contributed by atoms with Crippen LogP contribution in [0.3, 0.4) is 0 Å². The molecular formula is C9H15NO6S. The van der Waals surface area contributed by atoms with Crippen LogP contribution in [-0.4, -0.2) is 50.3 Å². The molecule has 0 aromatic carbocycles. The number of hydrogen-bond acceptors (Lipinski definition) is 6. The van der Waals surface area contributed by atoms with E-state index < -0.39 is 34.3 Å². The second kappa shape index (κ2) is 3.82. The maximum absolute atomic E-state index is 11.7. The number of hydrogen-bond donors (Lipinski definition) is 0. The van der Waals surface area contributed by atoms with Gasteiger partial charge < -0.3 is 9.64 Å². The lowest BCUT2D eigenvalue weighted by molar-refractivity contribution is 0.0261. The molecule has 0 spiro atoms. The van der Waals surface area contributed by atoms with Crippen LogP contribution in [0.4, 0.5) is 4.79 Å². The number of nitrogens with zero attached hydrogens (tertiary/aromatic N) is 1. The maximum atomic E-state index is 11.7. The summed E-state index contributed by atoms with van der Waals surface area (Å²) in [5, 5.41) is 0. The van der Waals surface area contributed by atoms with Gasteiger partial charge in [0.2, 0.25) is 0 Å². The van der Waals surface area contributed by atoms with E-state index in [0.717, 1.165) is 0 Å². The highest BCUT2D eigenvalue weighted by atomic mass is 32.3. The molecule has 0 aromatic heterocycles. The lowest BCUT2D eigenvalue weighted by Crippen LogP contribution is -2.36. The van der Waals surface area contributed by atoms with E-state index in [0.29, 0.717) is 0 Å². The number of likely N-dealkylation sites (tertiary alicyclic amines) is 1. The van der Waals surface area contributed by atoms with Crippen LogP contribution in [0.1, 0.15) is 20.8 Å². The van der Waals surface area contributed by atoms with E-state index in [4.69, 9.17) is 4.74 Å². The number of ether oxygens (including phenoxy) is 1. The molecule has 2 unspecified atom stereocenters. The number of carbonyl (C=O) groups excluding carboxylic acids is 1. The molecule has 2 atom stereocenters. The van der Waals surface area contributed by atoms with Crippen molar-refractivity contribution in [3.05, 3.63) is 0 Å². The van der Waals surface area contributed by atoms with Gasteiger partial charge in [-0.3, -0.25) is 0 Å². The van der Waals surface area contributed by atoms with E-state index in [-0.39, 0.29) is 13.1 Å². The summed E-state index contributed by atoms with van der Waals surface area (Å²) < 4.78 is 36.5. The Morgan fingerprint density at radius 1 is 1.24 bits per heavy atom. The summed E-state index contributed by atoms with van der Waals surface area (Å²) in [6.45, 7) is 5.62. The molecule has 2 rings (SSSR count). The quantitative estimate of drug-likeness (QED) is 0.625. The summed E-state index contributed by atoms with van der Waals surface area (Å²) >= 11 is 0. The Morgan fingerprint density at radius 3 is 2.12 bits per heavy atom. The van der Waals surface area contributed by atoms with Crippen molar-refractivity contribution in [1.29, 1.82) is 0 Å². The van der Waals surface area contributed by atoms with E-state index in [1.165, 1.54) is 4.90 Å². The molecule has 2 aliphatic rings. The maximum Gasteiger partial charge on any atom is 0.410 e. The molecular weight excluding hydrogens is 250 g/mol. The van der Waals surface area contributed by atoms with Crippen molar-refractivity contribution in [2.24, 2.45) is 0 Å². The van der Waals surface area contributed by atoms with Crippen molar-refractivity contribution in [2.45, 2.75) is 38.6 Å². The molecule has 2 saturated heterocycles. The zero-order valence-corrected chi connectivity index (χ0v) is 10.7. The lowest BCUT2D eigenvalue weighted by Gasteiger charge is -2.24. The summed E-state index contributed by atoms with van der Waals surface area (Å²) in [6.07, 6.45) is -1.73. The molecule has 0 aliphatic carbocycles. The first-order chi connectivity index (χ1) is 7.66. The Bertz CT molecular complexity index is 405. The number of rotatable bonds is 0. The van der Waals surface area contributed by atoms with E-state index in [9.17, 15) is 13.2 Å². The summed E-state index contributed by atoms with van der Waals surface area (Å²) in [5.74, 6) is 0. The minimum atomic E-state index is -3.87. The van der Waals surface area contributed by atoms with Crippen LogP contribution in [0.5, 0.6) is 0 Å². The molecule has 0 saturated carbocycles. The number of amides is 1. The molecule has 2 aliphatic heterocycles. The summed E-state index contributed by atoms with van der Waals surface area (Å²) in [4.78, 5) is 13.1. The largest absolute Gasteiger partial charge is 0.444 e. The van der Waals surface area contributed by atoms with E-state index in [1.807, 2.05) is 0 Å². The Hall–Kier alpha value is -0.860. The fourth-order valence-corrected chi connectivity index (χ4v) is 2.75. The highest BCUT2D eigenvalue weighted by Gasteiger charge is 2.48. The van der Waals surface area contributed by atoms with Crippen LogP contribution in [0.2, 0.25) is 0 Å². The topological polar surface area (TPSA) is 82.1 Å². The first kappa shape index (κ1) is 12.6. The monoisotopic (exact) mass is 265 g/mol. The van der Waals surface area contributed by atoms with Crippen LogP contribution < -0.4 is 0 Å². The zero-order chi connectivity index (χ0) is 12.8. The van der Waals surface area contributed by atoms with Crippen molar-refractivity contribution in [2.75, 3.05) is 13.1 Å². The average Bonchev–Trinajstić information content (AvgIpc) is 2.53. The molecule has 2 heterocycles. The smallest absolute Gasteiger partial charge is 0.410 e. The number of fused-ring (bicyclic) bond motifs is 1. The molecule has 0 radical (unpaired) electrons. The Balaban J connectivity index is 1.95. The first-order valence-electron chi connectivity index (χ1n) is 5.26. The third kappa shape index (κ3) is 2.88. The molecule has 7 nitrogen and oxygen atoms in total. The molecule has 98 valence electrons. The fourth-order valence-electron chi connectivity index (χ4n) is 1.73. The Labute approximate surface area is 100.0 Å². The van der Waals surface area contributed by atoms with Gasteiger partial charge in [0.25, 0.3) is 0 Å². The summed E-state index contributed by atoms with van der Waals surface area (Å²) in [7, 11) is -3.87. The lowest BCUT2D eigenvalue weighted by atomic mass is 10.2. The zero-order valence-electron chi connectivity index (χ0n) is 9.87. The molecule has 0 N–H and O–H groups in total. The van der Waals surface area contributed by atoms with Crippen LogP contribution in [0, 0.1) is 0 Å². The Kier molecular flexibility index (Phi) is 2.83. The molecule has 0 aromatic rings. The standard InChI is InChI=1S/C9H15NO6S/c1-9(2,3)14-8(11)10-4-6-7(5-10)16-17(12,13)15-6/h6-7H,4-5H2,1-3H3. The third-order valence-corrected chi connectivity index (χ3v) is 3.32. The van der Waals surface area contributed by atoms with Gasteiger partial charge in [0, 0.05) is 0 Å². The van der Waals surface area contributed by atoms with Crippen LogP contribution in [-0.2, 0) is 23.5 Å².